The molecule has 0 fully saturated rings. The van der Waals surface area contributed by atoms with Crippen molar-refractivity contribution in [2.75, 3.05) is 5.32 Å². The van der Waals surface area contributed by atoms with Crippen LogP contribution in [-0.2, 0) is 21.2 Å². The molecule has 0 aliphatic carbocycles. The van der Waals surface area contributed by atoms with Crippen molar-refractivity contribution in [1.29, 1.82) is 5.26 Å². The molecule has 0 atom stereocenters. The number of nitriles is 1. The molecule has 1 heterocycles. The molecule has 170 valence electrons. The van der Waals surface area contributed by atoms with Gasteiger partial charge in [0.2, 0.25) is 15.7 Å². The summed E-state index contributed by atoms with van der Waals surface area (Å²) in [7, 11) is -4.06. The highest BCUT2D eigenvalue weighted by molar-refractivity contribution is 7.95. The Labute approximate surface area is 202 Å². The Morgan fingerprint density at radius 1 is 1.06 bits per heavy atom. The summed E-state index contributed by atoms with van der Waals surface area (Å²) in [6, 6.07) is 22.7. The second-order valence-corrected chi connectivity index (χ2v) is 9.98. The number of halogens is 1. The number of fused-ring (bicyclic) bond motifs is 1. The van der Waals surface area contributed by atoms with Gasteiger partial charge in [-0.3, -0.25) is 4.79 Å². The summed E-state index contributed by atoms with van der Waals surface area (Å²) < 4.78 is 28.3. The van der Waals surface area contributed by atoms with E-state index in [0.29, 0.717) is 22.8 Å². The van der Waals surface area contributed by atoms with Gasteiger partial charge >= 0.3 is 0 Å². The minimum Gasteiger partial charge on any atom is -0.342 e. The van der Waals surface area contributed by atoms with Gasteiger partial charge < -0.3 is 9.88 Å². The monoisotopic (exact) mass is 489 g/mol. The summed E-state index contributed by atoms with van der Waals surface area (Å²) in [6.45, 7) is 1.86. The first kappa shape index (κ1) is 23.3. The lowest BCUT2D eigenvalue weighted by Crippen LogP contribution is -2.07. The summed E-state index contributed by atoms with van der Waals surface area (Å²) >= 11 is 6.33. The van der Waals surface area contributed by atoms with E-state index in [-0.39, 0.29) is 15.7 Å². The lowest BCUT2D eigenvalue weighted by atomic mass is 10.1. The number of carbonyl (C=O) groups is 1. The summed E-state index contributed by atoms with van der Waals surface area (Å²) in [5, 5.41) is 13.8. The molecule has 1 N–H and O–H groups in total. The van der Waals surface area contributed by atoms with Gasteiger partial charge in [0, 0.05) is 46.8 Å². The number of sulfone groups is 1. The van der Waals surface area contributed by atoms with Crippen LogP contribution in [0.5, 0.6) is 0 Å². The third kappa shape index (κ3) is 4.74. The lowest BCUT2D eigenvalue weighted by Gasteiger charge is -2.07. The average molecular weight is 490 g/mol. The van der Waals surface area contributed by atoms with E-state index in [1.54, 1.807) is 0 Å². The van der Waals surface area contributed by atoms with Gasteiger partial charge in [-0.15, -0.1) is 0 Å². The number of hydrogen-bond donors (Lipinski definition) is 1. The van der Waals surface area contributed by atoms with Crippen molar-refractivity contribution < 1.29 is 13.2 Å². The average Bonchev–Trinajstić information content (AvgIpc) is 3.16. The molecule has 0 spiro atoms. The molecule has 0 unspecified atom stereocenters. The van der Waals surface area contributed by atoms with E-state index in [1.807, 2.05) is 65.4 Å². The topological polar surface area (TPSA) is 92.0 Å². The third-order valence-corrected chi connectivity index (χ3v) is 7.34. The summed E-state index contributed by atoms with van der Waals surface area (Å²) in [6.07, 6.45) is 3.21. The zero-order valence-electron chi connectivity index (χ0n) is 18.2. The zero-order chi connectivity index (χ0) is 24.3. The summed E-state index contributed by atoms with van der Waals surface area (Å²) in [5.41, 5.74) is 2.89. The van der Waals surface area contributed by atoms with Crippen molar-refractivity contribution >= 4 is 50.0 Å². The minimum atomic E-state index is -4.06. The van der Waals surface area contributed by atoms with Gasteiger partial charge in [-0.25, -0.2) is 8.42 Å². The van der Waals surface area contributed by atoms with Crippen molar-refractivity contribution in [3.63, 3.8) is 0 Å². The lowest BCUT2D eigenvalue weighted by molar-refractivity contribution is -0.114. The van der Waals surface area contributed by atoms with Crippen molar-refractivity contribution in [2.45, 2.75) is 18.4 Å². The first-order chi connectivity index (χ1) is 16.3. The number of allylic oxidation sites excluding steroid dienone is 1. The van der Waals surface area contributed by atoms with E-state index < -0.39 is 9.84 Å². The van der Waals surface area contributed by atoms with Gasteiger partial charge in [0.05, 0.1) is 4.90 Å². The predicted octanol–water partition coefficient (Wildman–Crippen LogP) is 5.64. The van der Waals surface area contributed by atoms with E-state index >= 15 is 0 Å². The van der Waals surface area contributed by atoms with Crippen LogP contribution in [0.1, 0.15) is 18.1 Å². The Hall–Kier alpha value is -3.86. The van der Waals surface area contributed by atoms with Gasteiger partial charge in [-0.2, -0.15) is 5.26 Å². The van der Waals surface area contributed by atoms with Crippen LogP contribution in [-0.4, -0.2) is 18.9 Å². The number of benzene rings is 3. The number of nitrogens with zero attached hydrogens (tertiary/aromatic N) is 2. The second kappa shape index (κ2) is 9.56. The first-order valence-corrected chi connectivity index (χ1v) is 12.2. The quantitative estimate of drug-likeness (QED) is 0.355. The number of hydrogen-bond acceptors (Lipinski definition) is 4. The maximum absolute atomic E-state index is 13.2. The number of amides is 1. The van der Waals surface area contributed by atoms with Crippen molar-refractivity contribution in [1.82, 2.24) is 4.57 Å². The van der Waals surface area contributed by atoms with E-state index in [1.165, 1.54) is 37.3 Å². The molecule has 8 heteroatoms. The highest BCUT2D eigenvalue weighted by Crippen LogP contribution is 2.29. The normalized spacial score (nSPS) is 11.9. The molecule has 0 saturated heterocycles. The Balaban J connectivity index is 1.75. The maximum atomic E-state index is 13.2. The second-order valence-electron chi connectivity index (χ2n) is 7.65. The Morgan fingerprint density at radius 2 is 1.74 bits per heavy atom. The summed E-state index contributed by atoms with van der Waals surface area (Å²) in [4.78, 5) is 10.8. The molecule has 0 aliphatic heterocycles. The fraction of sp³-hybridized carbons (Fsp3) is 0.0769. The Morgan fingerprint density at radius 3 is 2.41 bits per heavy atom. The molecule has 6 nitrogen and oxygen atoms in total. The predicted molar refractivity (Wildman–Crippen MR) is 134 cm³/mol. The van der Waals surface area contributed by atoms with Crippen LogP contribution in [0.3, 0.4) is 0 Å². The molecule has 34 heavy (non-hydrogen) atoms. The van der Waals surface area contributed by atoms with Crippen molar-refractivity contribution in [2.24, 2.45) is 0 Å². The molecule has 0 aliphatic rings. The minimum absolute atomic E-state index is 0.0331. The van der Waals surface area contributed by atoms with E-state index in [9.17, 15) is 18.5 Å². The molecule has 0 bridgehead atoms. The number of aromatic nitrogens is 1. The number of anilines is 1. The SMILES string of the molecule is CC(=O)Nc1ccc(S(=O)(=O)/C(C#N)=C/c2cn(Cc3ccccc3Cl)c3ccccc23)cc1. The number of para-hydroxylation sites is 1. The highest BCUT2D eigenvalue weighted by Gasteiger charge is 2.22. The molecule has 3 aromatic carbocycles. The number of nitrogens with one attached hydrogen (secondary N) is 1. The van der Waals surface area contributed by atoms with Crippen molar-refractivity contribution in [3.05, 3.63) is 100 Å². The van der Waals surface area contributed by atoms with Crippen LogP contribution in [0.15, 0.2) is 88.8 Å². The largest absolute Gasteiger partial charge is 0.342 e. The van der Waals surface area contributed by atoms with Crippen LogP contribution in [0.2, 0.25) is 5.02 Å². The van der Waals surface area contributed by atoms with E-state index in [2.05, 4.69) is 5.32 Å². The van der Waals surface area contributed by atoms with E-state index in [4.69, 9.17) is 11.6 Å². The summed E-state index contributed by atoms with van der Waals surface area (Å²) in [5.74, 6) is -0.263. The molecule has 4 aromatic rings. The number of rotatable bonds is 6. The van der Waals surface area contributed by atoms with Crippen LogP contribution in [0.4, 0.5) is 5.69 Å². The van der Waals surface area contributed by atoms with Crippen LogP contribution in [0, 0.1) is 11.3 Å². The fourth-order valence-electron chi connectivity index (χ4n) is 3.69. The van der Waals surface area contributed by atoms with Gasteiger partial charge in [0.1, 0.15) is 11.0 Å². The van der Waals surface area contributed by atoms with E-state index in [0.717, 1.165) is 16.5 Å². The zero-order valence-corrected chi connectivity index (χ0v) is 19.8. The highest BCUT2D eigenvalue weighted by atomic mass is 35.5. The fourth-order valence-corrected chi connectivity index (χ4v) is 5.04. The van der Waals surface area contributed by atoms with Crippen LogP contribution in [0.25, 0.3) is 17.0 Å². The molecule has 4 rings (SSSR count). The van der Waals surface area contributed by atoms with Gasteiger partial charge in [-0.1, -0.05) is 48.0 Å². The molecule has 1 aromatic heterocycles. The first-order valence-electron chi connectivity index (χ1n) is 10.4. The Kier molecular flexibility index (Phi) is 6.55. The molecule has 0 saturated carbocycles. The molecule has 1 amide bonds. The molecule has 0 radical (unpaired) electrons. The third-order valence-electron chi connectivity index (χ3n) is 5.29. The van der Waals surface area contributed by atoms with Crippen molar-refractivity contribution in [3.8, 4) is 6.07 Å². The molecular formula is C26H20ClN3O3S. The number of carbonyl (C=O) groups excluding carboxylic acids is 1. The van der Waals surface area contributed by atoms with Gasteiger partial charge in [-0.05, 0) is 48.0 Å². The standard InChI is InChI=1S/C26H20ClN3O3S/c1-18(31)29-21-10-12-22(13-11-21)34(32,33)23(15-28)14-20-17-30(26-9-5-3-7-24(20)26)16-19-6-2-4-8-25(19)27/h2-14,17H,16H2,1H3,(H,29,31)/b23-14+. The maximum Gasteiger partial charge on any atom is 0.221 e. The van der Waals surface area contributed by atoms with Gasteiger partial charge in [0.15, 0.2) is 0 Å². The van der Waals surface area contributed by atoms with Crippen LogP contribution >= 0.6 is 11.6 Å². The van der Waals surface area contributed by atoms with Crippen LogP contribution < -0.4 is 5.32 Å². The van der Waals surface area contributed by atoms with Gasteiger partial charge in [0.25, 0.3) is 0 Å². The Bertz CT molecular complexity index is 1560. The smallest absolute Gasteiger partial charge is 0.221 e. The molecular weight excluding hydrogens is 470 g/mol.